The standard InChI is InChI=1S/C16H15BrF3NO3S/c1-21(10-11-4-3-5-12(8-11)16(18,19)20)25(22,23)13-6-7-15(24-2)14(17)9-13/h3-9H,10H2,1-2H3. The third-order valence-corrected chi connectivity index (χ3v) is 5.91. The average Bonchev–Trinajstić information content (AvgIpc) is 2.54. The maximum Gasteiger partial charge on any atom is 0.416 e. The molecular formula is C16H15BrF3NO3S. The quantitative estimate of drug-likeness (QED) is 0.700. The third kappa shape index (κ3) is 4.53. The van der Waals surface area contributed by atoms with Crippen molar-refractivity contribution in [1.82, 2.24) is 4.31 Å². The van der Waals surface area contributed by atoms with Gasteiger partial charge in [0.2, 0.25) is 10.0 Å². The summed E-state index contributed by atoms with van der Waals surface area (Å²) in [5.74, 6) is 0.472. The second-order valence-corrected chi connectivity index (χ2v) is 8.15. The molecule has 25 heavy (non-hydrogen) atoms. The molecule has 2 rings (SSSR count). The van der Waals surface area contributed by atoms with Crippen LogP contribution >= 0.6 is 15.9 Å². The summed E-state index contributed by atoms with van der Waals surface area (Å²) in [6.45, 7) is -0.185. The Bertz CT molecular complexity index is 869. The Morgan fingerprint density at radius 3 is 2.40 bits per heavy atom. The summed E-state index contributed by atoms with van der Waals surface area (Å²) in [6, 6.07) is 8.84. The fraction of sp³-hybridized carbons (Fsp3) is 0.250. The molecule has 0 saturated carbocycles. The van der Waals surface area contributed by atoms with E-state index in [-0.39, 0.29) is 17.0 Å². The lowest BCUT2D eigenvalue weighted by Crippen LogP contribution is -2.26. The number of ether oxygens (including phenoxy) is 1. The van der Waals surface area contributed by atoms with E-state index in [1.54, 1.807) is 0 Å². The summed E-state index contributed by atoms with van der Waals surface area (Å²) in [4.78, 5) is 0.00894. The van der Waals surface area contributed by atoms with E-state index in [1.165, 1.54) is 44.5 Å². The number of halogens is 4. The normalized spacial score (nSPS) is 12.4. The van der Waals surface area contributed by atoms with Gasteiger partial charge in [0.25, 0.3) is 0 Å². The highest BCUT2D eigenvalue weighted by Gasteiger charge is 2.30. The Kier molecular flexibility index (Phi) is 5.80. The molecule has 0 N–H and O–H groups in total. The number of alkyl halides is 3. The molecule has 0 bridgehead atoms. The van der Waals surface area contributed by atoms with Crippen LogP contribution in [0.3, 0.4) is 0 Å². The van der Waals surface area contributed by atoms with Crippen molar-refractivity contribution in [2.45, 2.75) is 17.6 Å². The zero-order valence-electron chi connectivity index (χ0n) is 13.3. The van der Waals surface area contributed by atoms with Crippen LogP contribution in [-0.2, 0) is 22.7 Å². The van der Waals surface area contributed by atoms with Crippen LogP contribution in [-0.4, -0.2) is 26.9 Å². The number of nitrogens with zero attached hydrogens (tertiary/aromatic N) is 1. The minimum atomic E-state index is -4.48. The number of benzene rings is 2. The first-order valence-corrected chi connectivity index (χ1v) is 9.25. The molecule has 0 amide bonds. The predicted octanol–water partition coefficient (Wildman–Crippen LogP) is 4.30. The number of rotatable bonds is 5. The van der Waals surface area contributed by atoms with E-state index < -0.39 is 21.8 Å². The van der Waals surface area contributed by atoms with Crippen molar-refractivity contribution in [1.29, 1.82) is 0 Å². The molecule has 0 atom stereocenters. The van der Waals surface area contributed by atoms with Gasteiger partial charge in [0.1, 0.15) is 5.75 Å². The maximum atomic E-state index is 12.8. The maximum absolute atomic E-state index is 12.8. The molecule has 0 unspecified atom stereocenters. The zero-order chi connectivity index (χ0) is 18.8. The zero-order valence-corrected chi connectivity index (χ0v) is 15.7. The Morgan fingerprint density at radius 1 is 1.16 bits per heavy atom. The van der Waals surface area contributed by atoms with E-state index >= 15 is 0 Å². The molecule has 0 spiro atoms. The van der Waals surface area contributed by atoms with E-state index in [4.69, 9.17) is 4.74 Å². The first-order chi connectivity index (χ1) is 11.6. The van der Waals surface area contributed by atoms with E-state index in [2.05, 4.69) is 15.9 Å². The topological polar surface area (TPSA) is 46.6 Å². The molecule has 2 aromatic rings. The van der Waals surface area contributed by atoms with Gasteiger partial charge in [-0.15, -0.1) is 0 Å². The lowest BCUT2D eigenvalue weighted by atomic mass is 10.1. The minimum absolute atomic E-state index is 0.00894. The third-order valence-electron chi connectivity index (χ3n) is 3.49. The average molecular weight is 438 g/mol. The number of sulfonamides is 1. The van der Waals surface area contributed by atoms with Crippen molar-refractivity contribution in [3.05, 3.63) is 58.1 Å². The lowest BCUT2D eigenvalue weighted by Gasteiger charge is -2.18. The van der Waals surface area contributed by atoms with Gasteiger partial charge in [0.15, 0.2) is 0 Å². The Hall–Kier alpha value is -1.58. The highest BCUT2D eigenvalue weighted by molar-refractivity contribution is 9.10. The largest absolute Gasteiger partial charge is 0.496 e. The molecule has 136 valence electrons. The lowest BCUT2D eigenvalue weighted by molar-refractivity contribution is -0.137. The summed E-state index contributed by atoms with van der Waals surface area (Å²) in [5, 5.41) is 0. The van der Waals surface area contributed by atoms with Gasteiger partial charge in [-0.05, 0) is 45.8 Å². The monoisotopic (exact) mass is 437 g/mol. The molecule has 0 heterocycles. The van der Waals surface area contributed by atoms with E-state index in [0.717, 1.165) is 16.4 Å². The van der Waals surface area contributed by atoms with Crippen LogP contribution in [0, 0.1) is 0 Å². The van der Waals surface area contributed by atoms with Crippen LogP contribution in [0.15, 0.2) is 51.8 Å². The second-order valence-electron chi connectivity index (χ2n) is 5.26. The summed E-state index contributed by atoms with van der Waals surface area (Å²) in [7, 11) is -1.10. The van der Waals surface area contributed by atoms with Crippen LogP contribution < -0.4 is 4.74 Å². The summed E-state index contributed by atoms with van der Waals surface area (Å²) in [6.07, 6.45) is -4.48. The van der Waals surface area contributed by atoms with Gasteiger partial charge in [-0.2, -0.15) is 17.5 Å². The smallest absolute Gasteiger partial charge is 0.416 e. The second kappa shape index (κ2) is 7.35. The first-order valence-electron chi connectivity index (χ1n) is 7.01. The fourth-order valence-electron chi connectivity index (χ4n) is 2.18. The molecule has 2 aromatic carbocycles. The van der Waals surface area contributed by atoms with Gasteiger partial charge in [-0.25, -0.2) is 8.42 Å². The molecule has 4 nitrogen and oxygen atoms in total. The molecule has 0 fully saturated rings. The van der Waals surface area contributed by atoms with E-state index in [9.17, 15) is 21.6 Å². The summed E-state index contributed by atoms with van der Waals surface area (Å²) in [5.41, 5.74) is -0.573. The Balaban J connectivity index is 2.28. The molecule has 0 saturated heterocycles. The molecule has 0 aliphatic heterocycles. The summed E-state index contributed by atoms with van der Waals surface area (Å²) >= 11 is 3.21. The molecule has 9 heteroatoms. The van der Waals surface area contributed by atoms with Gasteiger partial charge in [-0.1, -0.05) is 18.2 Å². The van der Waals surface area contributed by atoms with Crippen molar-refractivity contribution in [2.75, 3.05) is 14.2 Å². The van der Waals surface area contributed by atoms with E-state index in [1.807, 2.05) is 0 Å². The van der Waals surface area contributed by atoms with Crippen molar-refractivity contribution < 1.29 is 26.3 Å². The predicted molar refractivity (Wildman–Crippen MR) is 90.8 cm³/mol. The SMILES string of the molecule is COc1ccc(S(=O)(=O)N(C)Cc2cccc(C(F)(F)F)c2)cc1Br. The van der Waals surface area contributed by atoms with Crippen LogP contribution in [0.5, 0.6) is 5.75 Å². The van der Waals surface area contributed by atoms with Gasteiger partial charge in [-0.3, -0.25) is 0 Å². The summed E-state index contributed by atoms with van der Waals surface area (Å²) < 4.78 is 70.0. The van der Waals surface area contributed by atoms with Gasteiger partial charge < -0.3 is 4.74 Å². The van der Waals surface area contributed by atoms with Crippen LogP contribution in [0.4, 0.5) is 13.2 Å². The molecule has 0 aromatic heterocycles. The molecule has 0 aliphatic carbocycles. The van der Waals surface area contributed by atoms with Crippen LogP contribution in [0.25, 0.3) is 0 Å². The number of hydrogen-bond acceptors (Lipinski definition) is 3. The van der Waals surface area contributed by atoms with Gasteiger partial charge >= 0.3 is 6.18 Å². The van der Waals surface area contributed by atoms with Gasteiger partial charge in [0, 0.05) is 13.6 Å². The first kappa shape index (κ1) is 19.7. The van der Waals surface area contributed by atoms with Crippen LogP contribution in [0.2, 0.25) is 0 Å². The highest BCUT2D eigenvalue weighted by atomic mass is 79.9. The Labute approximate surface area is 152 Å². The molecule has 0 radical (unpaired) electrons. The van der Waals surface area contributed by atoms with E-state index in [0.29, 0.717) is 10.2 Å². The van der Waals surface area contributed by atoms with Crippen molar-refractivity contribution >= 4 is 26.0 Å². The highest BCUT2D eigenvalue weighted by Crippen LogP contribution is 2.31. The number of hydrogen-bond donors (Lipinski definition) is 0. The molecular weight excluding hydrogens is 423 g/mol. The fourth-order valence-corrected chi connectivity index (χ4v) is 4.05. The van der Waals surface area contributed by atoms with Crippen molar-refractivity contribution in [2.24, 2.45) is 0 Å². The minimum Gasteiger partial charge on any atom is -0.496 e. The van der Waals surface area contributed by atoms with Crippen LogP contribution in [0.1, 0.15) is 11.1 Å². The Morgan fingerprint density at radius 2 is 1.84 bits per heavy atom. The number of methoxy groups -OCH3 is 1. The van der Waals surface area contributed by atoms with Crippen molar-refractivity contribution in [3.63, 3.8) is 0 Å². The van der Waals surface area contributed by atoms with Gasteiger partial charge in [0.05, 0.1) is 22.0 Å². The molecule has 0 aliphatic rings. The van der Waals surface area contributed by atoms with Crippen molar-refractivity contribution in [3.8, 4) is 5.75 Å².